The average molecular weight is 1110 g/mol. The number of hydrogen-bond acceptors (Lipinski definition) is 2. The largest absolute Gasteiger partial charge is 0.309 e. The van der Waals surface area contributed by atoms with Gasteiger partial charge in [-0.15, -0.1) is 0 Å². The Morgan fingerprint density at radius 1 is 0.218 bits per heavy atom. The molecule has 4 heterocycles. The Labute approximate surface area is 506 Å². The molecule has 0 fully saturated rings. The van der Waals surface area contributed by atoms with E-state index in [9.17, 15) is 0 Å². The van der Waals surface area contributed by atoms with Crippen molar-refractivity contribution in [2.24, 2.45) is 0 Å². The molecule has 0 aliphatic carbocycles. The second-order valence-corrected chi connectivity index (χ2v) is 23.9. The highest BCUT2D eigenvalue weighted by atomic mass is 15.2. The zero-order valence-electron chi connectivity index (χ0n) is 49.3. The fourth-order valence-electron chi connectivity index (χ4n) is 14.6. The minimum Gasteiger partial charge on any atom is -0.309 e. The average Bonchev–Trinajstić information content (AvgIpc) is 1.54. The van der Waals surface area contributed by atoms with Crippen molar-refractivity contribution in [3.8, 4) is 44.5 Å². The van der Waals surface area contributed by atoms with E-state index in [0.29, 0.717) is 0 Å². The topological polar surface area (TPSA) is 15.3 Å². The van der Waals surface area contributed by atoms with Crippen LogP contribution in [0, 0.1) is 34.6 Å². The van der Waals surface area contributed by atoms with Crippen LogP contribution in [0.4, 0.5) is 34.1 Å². The fraction of sp³-hybridized carbons (Fsp3) is 0.0602. The Morgan fingerprint density at radius 3 is 0.977 bits per heavy atom. The van der Waals surface area contributed by atoms with Gasteiger partial charge < -0.3 is 18.6 Å². The number of fused-ring (bicyclic) bond motifs is 12. The lowest BCUT2D eigenvalue weighted by atomic mass is 9.95. The molecule has 0 N–H and O–H groups in total. The Morgan fingerprint density at radius 2 is 0.575 bits per heavy atom. The number of aromatic nitrogens is 2. The summed E-state index contributed by atoms with van der Waals surface area (Å²) in [5.41, 5.74) is 29.8. The van der Waals surface area contributed by atoms with Crippen molar-refractivity contribution < 1.29 is 0 Å². The molecule has 0 saturated heterocycles. The molecule has 412 valence electrons. The minimum absolute atomic E-state index is 1.15. The molecule has 4 heteroatoms. The molecular formula is C83H60N4. The Hall–Kier alpha value is -10.9. The molecule has 13 aromatic carbocycles. The first-order valence-corrected chi connectivity index (χ1v) is 30.3. The maximum Gasteiger partial charge on any atom is 0.0641 e. The van der Waals surface area contributed by atoms with Crippen LogP contribution < -0.4 is 9.80 Å². The number of rotatable bonds is 10. The van der Waals surface area contributed by atoms with Crippen molar-refractivity contribution in [2.75, 3.05) is 9.80 Å². The zero-order chi connectivity index (χ0) is 58.2. The summed E-state index contributed by atoms with van der Waals surface area (Å²) in [6.07, 6.45) is 0. The lowest BCUT2D eigenvalue weighted by molar-refractivity contribution is 1.23. The van der Waals surface area contributed by atoms with Crippen LogP contribution in [0.2, 0.25) is 0 Å². The van der Waals surface area contributed by atoms with E-state index in [2.05, 4.69) is 326 Å². The first kappa shape index (κ1) is 50.6. The molecule has 0 unspecified atom stereocenters. The highest BCUT2D eigenvalue weighted by Crippen LogP contribution is 2.53. The molecule has 0 saturated carbocycles. The van der Waals surface area contributed by atoms with E-state index < -0.39 is 0 Å². The van der Waals surface area contributed by atoms with Crippen molar-refractivity contribution >= 4 is 110 Å². The van der Waals surface area contributed by atoms with E-state index in [-0.39, 0.29) is 0 Å². The molecule has 4 nitrogen and oxygen atoms in total. The first-order chi connectivity index (χ1) is 42.8. The fourth-order valence-corrected chi connectivity index (χ4v) is 14.6. The standard InChI is InChI=1S/C83H60N4/c1-51-34-37-60(56-22-10-6-11-23-56)45-74(51)84(75-46-61(38-35-52(75)2)57-24-12-7-13-25-57)72-42-40-63-68-49-79-69(50-78(68)86-70-32-20-18-30-65(70)80(72)82(63)86)64-41-43-73(81-66-31-19-21-33-71(66)87(79)83(64)81)85(76-47-62(39-36-53(76)3)58-26-14-8-15-27-58)77-48-67(54(4)44-55(77)5)59-28-16-9-17-29-59/h6-50H,1-5H3. The minimum atomic E-state index is 1.15. The Balaban J connectivity index is 0.931. The summed E-state index contributed by atoms with van der Waals surface area (Å²) in [5.74, 6) is 0. The van der Waals surface area contributed by atoms with Gasteiger partial charge in [0.1, 0.15) is 0 Å². The van der Waals surface area contributed by atoms with E-state index in [1.165, 1.54) is 149 Å². The van der Waals surface area contributed by atoms with Gasteiger partial charge in [-0.3, -0.25) is 0 Å². The van der Waals surface area contributed by atoms with Gasteiger partial charge in [0, 0.05) is 65.8 Å². The molecule has 0 spiro atoms. The summed E-state index contributed by atoms with van der Waals surface area (Å²) in [7, 11) is 0. The number of anilines is 6. The van der Waals surface area contributed by atoms with Gasteiger partial charge in [0.2, 0.25) is 0 Å². The van der Waals surface area contributed by atoms with Crippen LogP contribution in [0.15, 0.2) is 273 Å². The maximum absolute atomic E-state index is 2.58. The van der Waals surface area contributed by atoms with Gasteiger partial charge in [0.05, 0.1) is 44.5 Å². The van der Waals surface area contributed by atoms with Crippen molar-refractivity contribution in [1.82, 2.24) is 8.80 Å². The van der Waals surface area contributed by atoms with Crippen molar-refractivity contribution in [1.29, 1.82) is 0 Å². The summed E-state index contributed by atoms with van der Waals surface area (Å²) in [6, 6.07) is 102. The van der Waals surface area contributed by atoms with Gasteiger partial charge in [-0.1, -0.05) is 212 Å². The Kier molecular flexibility index (Phi) is 11.4. The molecule has 4 aromatic heterocycles. The SMILES string of the molecule is Cc1cc(C)c(N(c2cc(-c3ccccc3)ccc2C)c2ccc3c4cc5c(cc4n4c6ccccc6c2c34)c2ccc(N(c3cc(-c4ccccc4)ccc3C)c3cc(-c4ccccc4)ccc3C)c3c4ccccc4n5c23)cc1-c1ccccc1. The third-order valence-corrected chi connectivity index (χ3v) is 18.8. The van der Waals surface area contributed by atoms with Crippen LogP contribution in [0.3, 0.4) is 0 Å². The van der Waals surface area contributed by atoms with Crippen LogP contribution in [0.1, 0.15) is 27.8 Å². The smallest absolute Gasteiger partial charge is 0.0641 e. The second-order valence-electron chi connectivity index (χ2n) is 23.9. The lowest BCUT2D eigenvalue weighted by Gasteiger charge is -2.31. The number of nitrogens with zero attached hydrogens (tertiary/aromatic N) is 4. The third kappa shape index (κ3) is 7.70. The molecule has 0 radical (unpaired) electrons. The van der Waals surface area contributed by atoms with Crippen LogP contribution in [-0.2, 0) is 0 Å². The van der Waals surface area contributed by atoms with E-state index in [0.717, 1.165) is 34.1 Å². The van der Waals surface area contributed by atoms with Gasteiger partial charge in [-0.05, 0) is 168 Å². The molecule has 0 aliphatic rings. The molecule has 0 amide bonds. The van der Waals surface area contributed by atoms with E-state index in [4.69, 9.17) is 0 Å². The predicted octanol–water partition coefficient (Wildman–Crippen LogP) is 23.1. The monoisotopic (exact) mass is 1110 g/mol. The van der Waals surface area contributed by atoms with Crippen molar-refractivity contribution in [2.45, 2.75) is 34.6 Å². The van der Waals surface area contributed by atoms with E-state index in [1.807, 2.05) is 0 Å². The number of para-hydroxylation sites is 2. The maximum atomic E-state index is 2.58. The molecule has 17 rings (SSSR count). The highest BCUT2D eigenvalue weighted by Gasteiger charge is 2.30. The van der Waals surface area contributed by atoms with Crippen molar-refractivity contribution in [3.63, 3.8) is 0 Å². The van der Waals surface area contributed by atoms with E-state index >= 15 is 0 Å². The number of aryl methyl sites for hydroxylation is 5. The van der Waals surface area contributed by atoms with Gasteiger partial charge in [0.15, 0.2) is 0 Å². The normalized spacial score (nSPS) is 12.0. The van der Waals surface area contributed by atoms with Crippen LogP contribution in [-0.4, -0.2) is 8.80 Å². The van der Waals surface area contributed by atoms with Crippen LogP contribution in [0.25, 0.3) is 121 Å². The summed E-state index contributed by atoms with van der Waals surface area (Å²) in [6.45, 7) is 11.3. The lowest BCUT2D eigenvalue weighted by Crippen LogP contribution is -2.14. The summed E-state index contributed by atoms with van der Waals surface area (Å²) in [5, 5.41) is 9.88. The molecular weight excluding hydrogens is 1050 g/mol. The third-order valence-electron chi connectivity index (χ3n) is 18.8. The summed E-state index contributed by atoms with van der Waals surface area (Å²) >= 11 is 0. The van der Waals surface area contributed by atoms with Gasteiger partial charge in [-0.25, -0.2) is 0 Å². The predicted molar refractivity (Wildman–Crippen MR) is 371 cm³/mol. The quantitative estimate of drug-likeness (QED) is 0.136. The van der Waals surface area contributed by atoms with Gasteiger partial charge >= 0.3 is 0 Å². The molecule has 0 atom stereocenters. The molecule has 0 aliphatic heterocycles. The number of hydrogen-bond donors (Lipinski definition) is 0. The molecule has 17 aromatic rings. The van der Waals surface area contributed by atoms with Gasteiger partial charge in [-0.2, -0.15) is 0 Å². The van der Waals surface area contributed by atoms with E-state index in [1.54, 1.807) is 0 Å². The van der Waals surface area contributed by atoms with Crippen molar-refractivity contribution in [3.05, 3.63) is 301 Å². The van der Waals surface area contributed by atoms with Crippen LogP contribution >= 0.6 is 0 Å². The summed E-state index contributed by atoms with van der Waals surface area (Å²) in [4.78, 5) is 5.13. The Bertz CT molecular complexity index is 5470. The van der Waals surface area contributed by atoms with Crippen LogP contribution in [0.5, 0.6) is 0 Å². The first-order valence-electron chi connectivity index (χ1n) is 30.3. The molecule has 0 bridgehead atoms. The second kappa shape index (κ2) is 19.6. The zero-order valence-corrected chi connectivity index (χ0v) is 49.3. The van der Waals surface area contributed by atoms with Gasteiger partial charge in [0.25, 0.3) is 0 Å². The highest BCUT2D eigenvalue weighted by molar-refractivity contribution is 6.32. The summed E-state index contributed by atoms with van der Waals surface area (Å²) < 4.78 is 5.15. The number of benzene rings is 13. The molecule has 87 heavy (non-hydrogen) atoms.